The van der Waals surface area contributed by atoms with Gasteiger partial charge >= 0.3 is 0 Å². The predicted molar refractivity (Wildman–Crippen MR) is 53.0 cm³/mol. The summed E-state index contributed by atoms with van der Waals surface area (Å²) < 4.78 is 18.0. The van der Waals surface area contributed by atoms with E-state index in [-0.39, 0.29) is 11.5 Å². The lowest BCUT2D eigenvalue weighted by Crippen LogP contribution is -1.92. The summed E-state index contributed by atoms with van der Waals surface area (Å²) in [6, 6.07) is 7.69. The lowest BCUT2D eigenvalue weighted by molar-refractivity contribution is 0.403. The molecule has 0 saturated heterocycles. The Morgan fingerprint density at radius 3 is 2.87 bits per heavy atom. The molecule has 0 unspecified atom stereocenters. The molecule has 2 aromatic rings. The van der Waals surface area contributed by atoms with Crippen molar-refractivity contribution in [2.75, 3.05) is 7.11 Å². The van der Waals surface area contributed by atoms with Crippen molar-refractivity contribution >= 4 is 10.8 Å². The average molecular weight is 202 g/mol. The summed E-state index contributed by atoms with van der Waals surface area (Å²) in [4.78, 5) is 3.96. The molecule has 0 aliphatic rings. The van der Waals surface area contributed by atoms with Crippen molar-refractivity contribution in [2.45, 2.75) is 0 Å². The SMILES string of the molecule is COc1nc(C#N)cc2cc(F)ccc12. The van der Waals surface area contributed by atoms with Crippen molar-refractivity contribution in [3.63, 3.8) is 0 Å². The first kappa shape index (κ1) is 9.41. The Labute approximate surface area is 85.7 Å². The van der Waals surface area contributed by atoms with E-state index >= 15 is 0 Å². The Morgan fingerprint density at radius 2 is 2.20 bits per heavy atom. The van der Waals surface area contributed by atoms with Gasteiger partial charge in [0.05, 0.1) is 7.11 Å². The third kappa shape index (κ3) is 1.59. The molecule has 2 rings (SSSR count). The van der Waals surface area contributed by atoms with Crippen LogP contribution in [0.3, 0.4) is 0 Å². The molecule has 1 aromatic carbocycles. The van der Waals surface area contributed by atoms with Gasteiger partial charge in [-0.25, -0.2) is 9.37 Å². The molecular weight excluding hydrogens is 195 g/mol. The van der Waals surface area contributed by atoms with Gasteiger partial charge in [-0.15, -0.1) is 0 Å². The summed E-state index contributed by atoms with van der Waals surface area (Å²) in [6.07, 6.45) is 0. The Bertz CT molecular complexity index is 560. The van der Waals surface area contributed by atoms with E-state index in [4.69, 9.17) is 10.00 Å². The minimum Gasteiger partial charge on any atom is -0.481 e. The van der Waals surface area contributed by atoms with Crippen LogP contribution in [0.4, 0.5) is 4.39 Å². The summed E-state index contributed by atoms with van der Waals surface area (Å²) in [5.41, 5.74) is 0.213. The first-order valence-electron chi connectivity index (χ1n) is 4.29. The first-order chi connectivity index (χ1) is 7.24. The molecule has 0 amide bonds. The molecule has 0 N–H and O–H groups in total. The standard InChI is InChI=1S/C11H7FN2O/c1-15-11-10-3-2-8(12)4-7(10)5-9(6-13)14-11/h2-5H,1H3. The highest BCUT2D eigenvalue weighted by Gasteiger charge is 2.06. The number of rotatable bonds is 1. The minimum atomic E-state index is -0.348. The smallest absolute Gasteiger partial charge is 0.222 e. The summed E-state index contributed by atoms with van der Waals surface area (Å²) in [5.74, 6) is -0.0105. The maximum absolute atomic E-state index is 13.0. The van der Waals surface area contributed by atoms with Crippen molar-refractivity contribution in [3.05, 3.63) is 35.8 Å². The maximum atomic E-state index is 13.0. The second-order valence-electron chi connectivity index (χ2n) is 2.99. The van der Waals surface area contributed by atoms with Gasteiger partial charge in [-0.2, -0.15) is 5.26 Å². The van der Waals surface area contributed by atoms with Gasteiger partial charge in [0.1, 0.15) is 17.6 Å². The molecule has 0 aliphatic carbocycles. The van der Waals surface area contributed by atoms with Crippen LogP contribution in [0.15, 0.2) is 24.3 Å². The zero-order valence-electron chi connectivity index (χ0n) is 7.99. The van der Waals surface area contributed by atoms with Gasteiger partial charge in [0, 0.05) is 5.39 Å². The molecule has 3 nitrogen and oxygen atoms in total. The molecule has 0 radical (unpaired) electrons. The number of hydrogen-bond acceptors (Lipinski definition) is 3. The Morgan fingerprint density at radius 1 is 1.40 bits per heavy atom. The number of benzene rings is 1. The van der Waals surface area contributed by atoms with Crippen LogP contribution in [-0.2, 0) is 0 Å². The van der Waals surface area contributed by atoms with Gasteiger partial charge in [-0.05, 0) is 29.7 Å². The second-order valence-corrected chi connectivity index (χ2v) is 2.99. The lowest BCUT2D eigenvalue weighted by Gasteiger charge is -2.04. The quantitative estimate of drug-likeness (QED) is 0.712. The predicted octanol–water partition coefficient (Wildman–Crippen LogP) is 2.25. The monoisotopic (exact) mass is 202 g/mol. The first-order valence-corrected chi connectivity index (χ1v) is 4.29. The highest BCUT2D eigenvalue weighted by atomic mass is 19.1. The molecule has 0 atom stereocenters. The number of ether oxygens (including phenoxy) is 1. The molecular formula is C11H7FN2O. The van der Waals surface area contributed by atoms with E-state index < -0.39 is 0 Å². The van der Waals surface area contributed by atoms with Crippen molar-refractivity contribution in [1.29, 1.82) is 5.26 Å². The van der Waals surface area contributed by atoms with Gasteiger partial charge in [-0.1, -0.05) is 0 Å². The third-order valence-corrected chi connectivity index (χ3v) is 2.07. The molecule has 74 valence electrons. The van der Waals surface area contributed by atoms with Gasteiger partial charge in [0.15, 0.2) is 0 Å². The van der Waals surface area contributed by atoms with E-state index in [0.29, 0.717) is 16.7 Å². The fraction of sp³-hybridized carbons (Fsp3) is 0.0909. The van der Waals surface area contributed by atoms with Gasteiger partial charge in [0.2, 0.25) is 5.88 Å². The number of hydrogen-bond donors (Lipinski definition) is 0. The second kappa shape index (κ2) is 3.54. The molecule has 0 fully saturated rings. The highest BCUT2D eigenvalue weighted by molar-refractivity contribution is 5.87. The van der Waals surface area contributed by atoms with E-state index in [1.165, 1.54) is 25.3 Å². The molecule has 0 bridgehead atoms. The average Bonchev–Trinajstić information content (AvgIpc) is 2.26. The molecule has 0 saturated carbocycles. The lowest BCUT2D eigenvalue weighted by atomic mass is 10.1. The van der Waals surface area contributed by atoms with Crippen LogP contribution in [0, 0.1) is 17.1 Å². The normalized spacial score (nSPS) is 9.93. The van der Waals surface area contributed by atoms with E-state index in [1.54, 1.807) is 6.07 Å². The van der Waals surface area contributed by atoms with Crippen LogP contribution >= 0.6 is 0 Å². The van der Waals surface area contributed by atoms with Crippen molar-refractivity contribution in [3.8, 4) is 11.9 Å². The van der Waals surface area contributed by atoms with Crippen LogP contribution in [-0.4, -0.2) is 12.1 Å². The van der Waals surface area contributed by atoms with Crippen LogP contribution < -0.4 is 4.74 Å². The van der Waals surface area contributed by atoms with Crippen molar-refractivity contribution in [2.24, 2.45) is 0 Å². The zero-order chi connectivity index (χ0) is 10.8. The fourth-order valence-electron chi connectivity index (χ4n) is 1.41. The molecule has 0 spiro atoms. The van der Waals surface area contributed by atoms with Crippen LogP contribution in [0.5, 0.6) is 5.88 Å². The largest absolute Gasteiger partial charge is 0.481 e. The van der Waals surface area contributed by atoms with Crippen LogP contribution in [0.1, 0.15) is 5.69 Å². The van der Waals surface area contributed by atoms with E-state index in [2.05, 4.69) is 4.98 Å². The van der Waals surface area contributed by atoms with Gasteiger partial charge in [0.25, 0.3) is 0 Å². The molecule has 4 heteroatoms. The summed E-state index contributed by atoms with van der Waals surface area (Å²) >= 11 is 0. The van der Waals surface area contributed by atoms with Gasteiger partial charge < -0.3 is 4.74 Å². The number of methoxy groups -OCH3 is 1. The molecule has 1 aromatic heterocycles. The molecule has 0 aliphatic heterocycles. The maximum Gasteiger partial charge on any atom is 0.222 e. The van der Waals surface area contributed by atoms with E-state index in [0.717, 1.165) is 0 Å². The number of nitriles is 1. The van der Waals surface area contributed by atoms with Crippen molar-refractivity contribution in [1.82, 2.24) is 4.98 Å². The summed E-state index contributed by atoms with van der Waals surface area (Å²) in [7, 11) is 1.46. The van der Waals surface area contributed by atoms with Crippen molar-refractivity contribution < 1.29 is 9.13 Å². The Kier molecular flexibility index (Phi) is 2.22. The highest BCUT2D eigenvalue weighted by Crippen LogP contribution is 2.24. The van der Waals surface area contributed by atoms with E-state index in [1.807, 2.05) is 6.07 Å². The minimum absolute atomic E-state index is 0.213. The fourth-order valence-corrected chi connectivity index (χ4v) is 1.41. The number of pyridine rings is 1. The molecule has 15 heavy (non-hydrogen) atoms. The summed E-state index contributed by atoms with van der Waals surface area (Å²) in [6.45, 7) is 0. The van der Waals surface area contributed by atoms with Crippen LogP contribution in [0.2, 0.25) is 0 Å². The van der Waals surface area contributed by atoms with E-state index in [9.17, 15) is 4.39 Å². The topological polar surface area (TPSA) is 45.9 Å². The Balaban J connectivity index is 2.82. The third-order valence-electron chi connectivity index (χ3n) is 2.07. The Hall–Kier alpha value is -2.15. The van der Waals surface area contributed by atoms with Gasteiger partial charge in [-0.3, -0.25) is 0 Å². The summed E-state index contributed by atoms with van der Waals surface area (Å²) in [5, 5.41) is 10.0. The number of halogens is 1. The molecule has 1 heterocycles. The number of aromatic nitrogens is 1. The zero-order valence-corrected chi connectivity index (χ0v) is 7.99. The number of nitrogens with zero attached hydrogens (tertiary/aromatic N) is 2. The van der Waals surface area contributed by atoms with Crippen LogP contribution in [0.25, 0.3) is 10.8 Å². The number of fused-ring (bicyclic) bond motifs is 1.